The van der Waals surface area contributed by atoms with E-state index in [2.05, 4.69) is 0 Å². The summed E-state index contributed by atoms with van der Waals surface area (Å²) in [5.74, 6) is -4.62. The van der Waals surface area contributed by atoms with E-state index in [-0.39, 0.29) is 24.7 Å². The molecule has 1 saturated heterocycles. The van der Waals surface area contributed by atoms with Crippen LogP contribution in [0.2, 0.25) is 0 Å². The van der Waals surface area contributed by atoms with E-state index in [9.17, 15) is 18.4 Å². The largest absolute Gasteiger partial charge is 0.461 e. The zero-order valence-electron chi connectivity index (χ0n) is 15.5. The molecule has 0 aromatic carbocycles. The van der Waals surface area contributed by atoms with Crippen molar-refractivity contribution >= 4 is 11.9 Å². The highest BCUT2D eigenvalue weighted by Crippen LogP contribution is 2.62. The first-order valence-corrected chi connectivity index (χ1v) is 9.63. The molecule has 1 heterocycles. The van der Waals surface area contributed by atoms with Crippen LogP contribution in [0.25, 0.3) is 0 Å². The second-order valence-electron chi connectivity index (χ2n) is 9.05. The molecule has 0 spiro atoms. The number of carbonyl (C=O) groups excluding carboxylic acids is 2. The molecule has 0 aromatic rings. The van der Waals surface area contributed by atoms with Crippen molar-refractivity contribution in [1.29, 1.82) is 0 Å². The number of hydrogen-bond donors (Lipinski definition) is 0. The molecule has 27 heavy (non-hydrogen) atoms. The van der Waals surface area contributed by atoms with Crippen LogP contribution in [0.4, 0.5) is 8.78 Å². The van der Waals surface area contributed by atoms with Crippen LogP contribution in [0.1, 0.15) is 45.4 Å². The molecule has 3 unspecified atom stereocenters. The van der Waals surface area contributed by atoms with Crippen LogP contribution in [-0.2, 0) is 28.5 Å². The molecular formula is C19H26F2O6. The third-order valence-electron chi connectivity index (χ3n) is 6.25. The quantitative estimate of drug-likeness (QED) is 0.470. The van der Waals surface area contributed by atoms with Gasteiger partial charge in [0.05, 0.1) is 19.8 Å². The summed E-state index contributed by atoms with van der Waals surface area (Å²) in [5.41, 5.74) is -0.949. The van der Waals surface area contributed by atoms with Crippen molar-refractivity contribution in [1.82, 2.24) is 0 Å². The third kappa shape index (κ3) is 4.26. The lowest BCUT2D eigenvalue weighted by Gasteiger charge is -2.60. The Morgan fingerprint density at radius 3 is 2.44 bits per heavy atom. The maximum absolute atomic E-state index is 13.1. The van der Waals surface area contributed by atoms with Crippen molar-refractivity contribution in [3.63, 3.8) is 0 Å². The Hall–Kier alpha value is -1.28. The van der Waals surface area contributed by atoms with Gasteiger partial charge in [-0.2, -0.15) is 8.78 Å². The summed E-state index contributed by atoms with van der Waals surface area (Å²) in [6.45, 7) is 1.46. The molecule has 4 aliphatic carbocycles. The first-order chi connectivity index (χ1) is 12.7. The Bertz CT molecular complexity index is 598. The van der Waals surface area contributed by atoms with Gasteiger partial charge in [0, 0.05) is 12.3 Å². The lowest BCUT2D eigenvalue weighted by molar-refractivity contribution is -0.216. The van der Waals surface area contributed by atoms with Gasteiger partial charge in [0.1, 0.15) is 18.3 Å². The van der Waals surface area contributed by atoms with Gasteiger partial charge in [-0.3, -0.25) is 0 Å². The third-order valence-corrected chi connectivity index (χ3v) is 6.25. The highest BCUT2D eigenvalue weighted by molar-refractivity contribution is 5.77. The molecule has 5 aliphatic rings. The average molecular weight is 388 g/mol. The van der Waals surface area contributed by atoms with Crippen LogP contribution in [0, 0.1) is 17.3 Å². The molecule has 4 bridgehead atoms. The highest BCUT2D eigenvalue weighted by Gasteiger charge is 2.60. The van der Waals surface area contributed by atoms with E-state index in [1.807, 2.05) is 0 Å². The van der Waals surface area contributed by atoms with Crippen molar-refractivity contribution in [2.24, 2.45) is 17.3 Å². The van der Waals surface area contributed by atoms with E-state index in [4.69, 9.17) is 18.9 Å². The van der Waals surface area contributed by atoms with Gasteiger partial charge in [-0.05, 0) is 50.4 Å². The van der Waals surface area contributed by atoms with Gasteiger partial charge in [0.25, 0.3) is 0 Å². The van der Waals surface area contributed by atoms with Gasteiger partial charge in [-0.1, -0.05) is 0 Å². The number of epoxide rings is 1. The van der Waals surface area contributed by atoms with Crippen molar-refractivity contribution in [2.45, 2.75) is 63.1 Å². The fourth-order valence-electron chi connectivity index (χ4n) is 5.71. The minimum atomic E-state index is -3.49. The summed E-state index contributed by atoms with van der Waals surface area (Å²) in [4.78, 5) is 23.8. The summed E-state index contributed by atoms with van der Waals surface area (Å²) in [5, 5.41) is 0. The Balaban J connectivity index is 1.37. The normalized spacial score (nSPS) is 39.3. The number of halogens is 2. The predicted molar refractivity (Wildman–Crippen MR) is 88.1 cm³/mol. The molecular weight excluding hydrogens is 362 g/mol. The molecule has 0 N–H and O–H groups in total. The van der Waals surface area contributed by atoms with E-state index in [0.717, 1.165) is 32.1 Å². The lowest BCUT2D eigenvalue weighted by atomic mass is 9.48. The van der Waals surface area contributed by atoms with Crippen molar-refractivity contribution in [3.05, 3.63) is 0 Å². The van der Waals surface area contributed by atoms with Gasteiger partial charge < -0.3 is 18.9 Å². The van der Waals surface area contributed by atoms with Gasteiger partial charge in [0.2, 0.25) is 0 Å². The minimum absolute atomic E-state index is 0.0307. The van der Waals surface area contributed by atoms with E-state index < -0.39 is 23.5 Å². The van der Waals surface area contributed by atoms with Crippen LogP contribution in [0.15, 0.2) is 0 Å². The fourth-order valence-corrected chi connectivity index (χ4v) is 5.71. The van der Waals surface area contributed by atoms with Crippen LogP contribution in [-0.4, -0.2) is 56.0 Å². The monoisotopic (exact) mass is 388 g/mol. The second-order valence-corrected chi connectivity index (χ2v) is 9.05. The van der Waals surface area contributed by atoms with Crippen LogP contribution >= 0.6 is 0 Å². The van der Waals surface area contributed by atoms with Crippen molar-refractivity contribution in [2.75, 3.05) is 26.4 Å². The molecule has 0 amide bonds. The number of alkyl halides is 2. The van der Waals surface area contributed by atoms with Gasteiger partial charge in [-0.25, -0.2) is 9.59 Å². The Morgan fingerprint density at radius 2 is 1.85 bits per heavy atom. The molecule has 3 atom stereocenters. The molecule has 5 fully saturated rings. The fraction of sp³-hybridized carbons (Fsp3) is 0.895. The first-order valence-electron chi connectivity index (χ1n) is 9.63. The average Bonchev–Trinajstić information content (AvgIpc) is 3.34. The number of esters is 2. The lowest BCUT2D eigenvalue weighted by Crippen LogP contribution is -2.59. The highest BCUT2D eigenvalue weighted by atomic mass is 19.3. The van der Waals surface area contributed by atoms with E-state index >= 15 is 0 Å². The summed E-state index contributed by atoms with van der Waals surface area (Å²) in [7, 11) is 0. The Labute approximate surface area is 156 Å². The SMILES string of the molecule is CC(F)(F)C(=O)OCC12CC3CC(C1)CC(OC(=O)COCC1CO1)(C3)C2. The summed E-state index contributed by atoms with van der Waals surface area (Å²) < 4.78 is 47.5. The number of carbonyl (C=O) groups is 2. The zero-order valence-corrected chi connectivity index (χ0v) is 15.5. The summed E-state index contributed by atoms with van der Waals surface area (Å²) >= 11 is 0. The van der Waals surface area contributed by atoms with E-state index in [1.54, 1.807) is 0 Å². The molecule has 0 radical (unpaired) electrons. The van der Waals surface area contributed by atoms with Crippen LogP contribution in [0.3, 0.4) is 0 Å². The van der Waals surface area contributed by atoms with Gasteiger partial charge in [0.15, 0.2) is 0 Å². The first kappa shape index (κ1) is 19.1. The topological polar surface area (TPSA) is 74.4 Å². The maximum atomic E-state index is 13.1. The molecule has 1 aliphatic heterocycles. The predicted octanol–water partition coefficient (Wildman–Crippen LogP) is 2.48. The Morgan fingerprint density at radius 1 is 1.19 bits per heavy atom. The standard InChI is InChI=1S/C19H26F2O6/c1-17(20,21)16(23)26-11-18-3-12-2-13(4-18)6-19(5-12,10-18)27-15(22)9-24-7-14-8-25-14/h12-14H,2-11H2,1H3. The minimum Gasteiger partial charge on any atom is -0.461 e. The number of rotatable bonds is 8. The number of ether oxygens (including phenoxy) is 4. The molecule has 6 nitrogen and oxygen atoms in total. The van der Waals surface area contributed by atoms with E-state index in [0.29, 0.717) is 38.4 Å². The smallest absolute Gasteiger partial charge is 0.376 e. The number of hydrogen-bond acceptors (Lipinski definition) is 6. The summed E-state index contributed by atoms with van der Waals surface area (Å²) in [6.07, 6.45) is 4.97. The van der Waals surface area contributed by atoms with E-state index in [1.165, 1.54) is 0 Å². The van der Waals surface area contributed by atoms with Crippen molar-refractivity contribution < 1.29 is 37.3 Å². The van der Waals surface area contributed by atoms with Crippen molar-refractivity contribution in [3.8, 4) is 0 Å². The van der Waals surface area contributed by atoms with Crippen LogP contribution in [0.5, 0.6) is 0 Å². The molecule has 4 saturated carbocycles. The second kappa shape index (κ2) is 6.65. The van der Waals surface area contributed by atoms with Crippen LogP contribution < -0.4 is 0 Å². The Kier molecular flexibility index (Phi) is 4.70. The zero-order chi connectivity index (χ0) is 19.3. The van der Waals surface area contributed by atoms with Gasteiger partial charge in [-0.15, -0.1) is 0 Å². The summed E-state index contributed by atoms with van der Waals surface area (Å²) in [6, 6.07) is 0. The van der Waals surface area contributed by atoms with Gasteiger partial charge >= 0.3 is 17.9 Å². The molecule has 0 aromatic heterocycles. The molecule has 8 heteroatoms. The molecule has 152 valence electrons. The maximum Gasteiger partial charge on any atom is 0.376 e. The molecule has 5 rings (SSSR count).